The number of piperidine rings is 1. The zero-order valence-corrected chi connectivity index (χ0v) is 45.4. The van der Waals surface area contributed by atoms with Crippen LogP contribution >= 0.6 is 0 Å². The maximum Gasteiger partial charge on any atom is 0.406 e. The van der Waals surface area contributed by atoms with Crippen LogP contribution in [0.5, 0.6) is 11.5 Å². The minimum absolute atomic E-state index is 0.00606. The number of carbonyl (C=O) groups is 1. The Hall–Kier alpha value is -7.43. The van der Waals surface area contributed by atoms with Crippen LogP contribution in [0.4, 0.5) is 34.9 Å². The predicted molar refractivity (Wildman–Crippen MR) is 291 cm³/mol. The minimum Gasteiger partial charge on any atom is -0.495 e. The molecule has 8 rings (SSSR count). The lowest BCUT2D eigenvalue weighted by molar-refractivity contribution is -0.140. The molecule has 422 valence electrons. The van der Waals surface area contributed by atoms with Gasteiger partial charge in [0.15, 0.2) is 22.1 Å². The van der Waals surface area contributed by atoms with Gasteiger partial charge in [-0.05, 0) is 87.3 Å². The number of methoxy groups -OCH3 is 1. The number of hydrogen-bond donors (Lipinski definition) is 4. The topological polar surface area (TPSA) is 210 Å². The van der Waals surface area contributed by atoms with E-state index in [1.165, 1.54) is 25.3 Å². The second-order valence-corrected chi connectivity index (χ2v) is 20.9. The van der Waals surface area contributed by atoms with Crippen LogP contribution in [0.1, 0.15) is 29.1 Å². The molecule has 1 aliphatic heterocycles. The average molecular weight is 1120 g/mol. The zero-order chi connectivity index (χ0) is 56.1. The van der Waals surface area contributed by atoms with Crippen LogP contribution < -0.4 is 30.7 Å². The first-order valence-corrected chi connectivity index (χ1v) is 27.3. The van der Waals surface area contributed by atoms with Crippen molar-refractivity contribution < 1.29 is 59.0 Å². The fraction of sp³-hybridized carbons (Fsp3) is 0.418. The van der Waals surface area contributed by atoms with Crippen molar-refractivity contribution in [2.45, 2.75) is 56.6 Å². The molecule has 1 amide bonds. The van der Waals surface area contributed by atoms with E-state index >= 15 is 0 Å². The quantitative estimate of drug-likeness (QED) is 0.0239. The first-order valence-electron chi connectivity index (χ1n) is 25.6. The van der Waals surface area contributed by atoms with Crippen molar-refractivity contribution in [2.24, 2.45) is 0 Å². The Morgan fingerprint density at radius 2 is 1.70 bits per heavy atom. The highest BCUT2D eigenvalue weighted by Crippen LogP contribution is 2.34. The number of anilines is 3. The Kier molecular flexibility index (Phi) is 19.4. The Labute approximate surface area is 455 Å². The summed E-state index contributed by atoms with van der Waals surface area (Å²) in [5, 5.41) is 16.8. The molecule has 5 heterocycles. The van der Waals surface area contributed by atoms with E-state index in [0.29, 0.717) is 64.9 Å². The summed E-state index contributed by atoms with van der Waals surface area (Å²) < 4.78 is 119. The standard InChI is InChI=1S/C55H64F4N10O9S/c1-36-52(37(2)78-66-36)39-28-49-53(63-31-39)65-54(60-3)68(49)32-38-9-6-11-41(27-38)77-34-51(70)62-18-20-74-21-22-75-23-24-76-25-26-79(71,72)42-14-15-47(50(30-42)73-5)61-17-8-10-40-29-43-45(64-46-16-19-67(4)33-44(46)56)12-7-13-48(43)69(40)35-55(57,58)59/h6-7,9,11-15,27-31,44,46,61,64H,16-26,32-35H2,1-5H3,(H,62,70)(H,60,63,65)/t44-,46+/m0/s1. The molecule has 7 aromatic rings. The lowest BCUT2D eigenvalue weighted by atomic mass is 10.0. The van der Waals surface area contributed by atoms with Crippen molar-refractivity contribution in [3.05, 3.63) is 102 Å². The van der Waals surface area contributed by atoms with E-state index in [0.717, 1.165) is 32.5 Å². The van der Waals surface area contributed by atoms with E-state index in [2.05, 4.69) is 48.2 Å². The van der Waals surface area contributed by atoms with Crippen molar-refractivity contribution >= 4 is 55.1 Å². The number of hydrogen-bond acceptors (Lipinski definition) is 16. The minimum atomic E-state index is -4.53. The third-order valence-electron chi connectivity index (χ3n) is 13.1. The number of sulfone groups is 1. The maximum absolute atomic E-state index is 14.9. The lowest BCUT2D eigenvalue weighted by Crippen LogP contribution is -2.46. The van der Waals surface area contributed by atoms with Gasteiger partial charge in [0.05, 0.1) is 105 Å². The van der Waals surface area contributed by atoms with Gasteiger partial charge < -0.3 is 63.5 Å². The summed E-state index contributed by atoms with van der Waals surface area (Å²) in [6.45, 7) is 5.00. The largest absolute Gasteiger partial charge is 0.495 e. The first kappa shape index (κ1) is 57.7. The number of nitrogens with one attached hydrogen (secondary N) is 4. The van der Waals surface area contributed by atoms with Gasteiger partial charge in [0.2, 0.25) is 5.95 Å². The Morgan fingerprint density at radius 3 is 2.43 bits per heavy atom. The lowest BCUT2D eigenvalue weighted by Gasteiger charge is -2.33. The predicted octanol–water partition coefficient (Wildman–Crippen LogP) is 7.26. The van der Waals surface area contributed by atoms with Gasteiger partial charge in [-0.3, -0.25) is 4.79 Å². The first-order chi connectivity index (χ1) is 38.0. The molecule has 79 heavy (non-hydrogen) atoms. The highest BCUT2D eigenvalue weighted by molar-refractivity contribution is 7.91. The number of ether oxygens (including phenoxy) is 5. The Bertz CT molecular complexity index is 3370. The number of aryl methyl sites for hydroxylation is 2. The number of amides is 1. The van der Waals surface area contributed by atoms with Gasteiger partial charge in [0.25, 0.3) is 5.91 Å². The Morgan fingerprint density at radius 1 is 0.924 bits per heavy atom. The van der Waals surface area contributed by atoms with Crippen LogP contribution in [0.25, 0.3) is 33.2 Å². The highest BCUT2D eigenvalue weighted by atomic mass is 32.2. The van der Waals surface area contributed by atoms with Gasteiger partial charge in [-0.15, -0.1) is 0 Å². The molecule has 0 saturated carbocycles. The normalized spacial score (nSPS) is 15.0. The number of alkyl halides is 4. The van der Waals surface area contributed by atoms with Crippen molar-refractivity contribution in [3.63, 3.8) is 0 Å². The monoisotopic (exact) mass is 1120 g/mol. The van der Waals surface area contributed by atoms with Gasteiger partial charge in [-0.1, -0.05) is 29.3 Å². The molecular formula is C55H64F4N10O9S. The molecule has 1 saturated heterocycles. The second-order valence-electron chi connectivity index (χ2n) is 18.8. The number of imidazole rings is 1. The number of pyridine rings is 1. The van der Waals surface area contributed by atoms with Crippen molar-refractivity contribution in [2.75, 3.05) is 115 Å². The summed E-state index contributed by atoms with van der Waals surface area (Å²) >= 11 is 0. The second kappa shape index (κ2) is 26.5. The van der Waals surface area contributed by atoms with Crippen LogP contribution in [0, 0.1) is 25.7 Å². The smallest absolute Gasteiger partial charge is 0.406 e. The van der Waals surface area contributed by atoms with Crippen LogP contribution in [0.2, 0.25) is 0 Å². The van der Waals surface area contributed by atoms with Crippen molar-refractivity contribution in [1.82, 2.24) is 34.5 Å². The van der Waals surface area contributed by atoms with Gasteiger partial charge >= 0.3 is 6.18 Å². The fourth-order valence-electron chi connectivity index (χ4n) is 9.16. The van der Waals surface area contributed by atoms with Gasteiger partial charge in [-0.25, -0.2) is 17.8 Å². The molecule has 0 aliphatic carbocycles. The molecular weight excluding hydrogens is 1050 g/mol. The highest BCUT2D eigenvalue weighted by Gasteiger charge is 2.31. The van der Waals surface area contributed by atoms with Gasteiger partial charge in [-0.2, -0.15) is 18.2 Å². The average Bonchev–Trinajstić information content (AvgIpc) is 4.32. The van der Waals surface area contributed by atoms with Crippen molar-refractivity contribution in [3.8, 4) is 34.5 Å². The summed E-state index contributed by atoms with van der Waals surface area (Å²) in [7, 11) is 1.25. The number of rotatable bonds is 26. The SMILES string of the molecule is CNc1nc2ncc(-c3c(C)noc3C)cc2n1Cc1cccc(OCC(=O)NCCOCCOCCOCCS(=O)(=O)c2ccc(NCC#Cc3cc4c(N[C@@H]5CCN(C)C[C@@H]5F)cccc4n3CC(F)(F)F)c(OC)c2)c1. The van der Waals surface area contributed by atoms with E-state index in [9.17, 15) is 30.8 Å². The summed E-state index contributed by atoms with van der Waals surface area (Å²) in [5.74, 6) is 7.20. The molecule has 0 spiro atoms. The fourth-order valence-corrected chi connectivity index (χ4v) is 10.3. The van der Waals surface area contributed by atoms with E-state index < -0.39 is 34.8 Å². The molecule has 24 heteroatoms. The maximum atomic E-state index is 14.9. The van der Waals surface area contributed by atoms with Gasteiger partial charge in [0, 0.05) is 61.1 Å². The molecule has 19 nitrogen and oxygen atoms in total. The number of nitrogens with zero attached hydrogens (tertiary/aromatic N) is 6. The van der Waals surface area contributed by atoms with Gasteiger partial charge in [0.1, 0.15) is 30.0 Å². The van der Waals surface area contributed by atoms with Crippen molar-refractivity contribution in [1.29, 1.82) is 0 Å². The molecule has 1 fully saturated rings. The molecule has 4 N–H and O–H groups in total. The third kappa shape index (κ3) is 15.2. The van der Waals surface area contributed by atoms with Crippen LogP contribution in [0.3, 0.4) is 0 Å². The number of carbonyl (C=O) groups excluding carboxylic acids is 1. The molecule has 0 bridgehead atoms. The number of likely N-dealkylation sites (tertiary alicyclic amines) is 1. The Balaban J connectivity index is 0.706. The number of fused-ring (bicyclic) bond motifs is 2. The van der Waals surface area contributed by atoms with Crippen LogP contribution in [-0.4, -0.2) is 161 Å². The number of halogens is 4. The number of aromatic nitrogens is 5. The molecule has 2 atom stereocenters. The van der Waals surface area contributed by atoms with E-state index in [-0.39, 0.29) is 93.9 Å². The van der Waals surface area contributed by atoms with Crippen LogP contribution in [0.15, 0.2) is 88.4 Å². The molecule has 3 aromatic carbocycles. The third-order valence-corrected chi connectivity index (χ3v) is 14.7. The number of benzene rings is 3. The molecule has 0 unspecified atom stereocenters. The summed E-state index contributed by atoms with van der Waals surface area (Å²) in [6, 6.07) is 19.8. The summed E-state index contributed by atoms with van der Waals surface area (Å²) in [6.07, 6.45) is -3.37. The van der Waals surface area contributed by atoms with E-state index in [1.807, 2.05) is 54.6 Å². The van der Waals surface area contributed by atoms with E-state index in [1.54, 1.807) is 43.6 Å². The van der Waals surface area contributed by atoms with E-state index in [4.69, 9.17) is 28.2 Å². The zero-order valence-electron chi connectivity index (χ0n) is 44.5. The molecule has 1 aliphatic rings. The summed E-state index contributed by atoms with van der Waals surface area (Å²) in [4.78, 5) is 23.7. The summed E-state index contributed by atoms with van der Waals surface area (Å²) in [5.41, 5.74) is 6.27. The van der Waals surface area contributed by atoms with Crippen LogP contribution in [-0.2, 0) is 41.9 Å². The molecule has 0 radical (unpaired) electrons. The molecule has 4 aromatic heterocycles.